The molecule has 0 aromatic rings. The summed E-state index contributed by atoms with van der Waals surface area (Å²) in [5, 5.41) is 0. The lowest BCUT2D eigenvalue weighted by Gasteiger charge is -2.21. The Balaban J connectivity index is 1.54. The van der Waals surface area contributed by atoms with Gasteiger partial charge in [0.2, 0.25) is 0 Å². The monoisotopic (exact) mass is 240 g/mol. The van der Waals surface area contributed by atoms with Gasteiger partial charge in [-0.05, 0) is 37.5 Å². The second-order valence-corrected chi connectivity index (χ2v) is 5.85. The van der Waals surface area contributed by atoms with E-state index >= 15 is 0 Å². The molecular formula is C15H28O2. The third kappa shape index (κ3) is 4.26. The van der Waals surface area contributed by atoms with E-state index < -0.39 is 0 Å². The van der Waals surface area contributed by atoms with Crippen molar-refractivity contribution in [2.24, 2.45) is 11.8 Å². The summed E-state index contributed by atoms with van der Waals surface area (Å²) in [7, 11) is 0. The molecule has 2 heteroatoms. The van der Waals surface area contributed by atoms with E-state index in [1.807, 2.05) is 0 Å². The molecule has 0 N–H and O–H groups in total. The van der Waals surface area contributed by atoms with Crippen LogP contribution in [0.1, 0.15) is 58.8 Å². The second-order valence-electron chi connectivity index (χ2n) is 5.85. The molecule has 4 atom stereocenters. The van der Waals surface area contributed by atoms with E-state index in [-0.39, 0.29) is 0 Å². The van der Waals surface area contributed by atoms with E-state index in [2.05, 4.69) is 13.8 Å². The van der Waals surface area contributed by atoms with Crippen LogP contribution in [-0.4, -0.2) is 25.4 Å². The fraction of sp³-hybridized carbons (Fsp3) is 1.00. The number of fused-ring (bicyclic) bond motifs is 1. The van der Waals surface area contributed by atoms with Crippen LogP contribution < -0.4 is 0 Å². The number of rotatable bonds is 8. The van der Waals surface area contributed by atoms with Crippen LogP contribution in [0.15, 0.2) is 0 Å². The van der Waals surface area contributed by atoms with Crippen LogP contribution in [0.3, 0.4) is 0 Å². The molecule has 1 heterocycles. The summed E-state index contributed by atoms with van der Waals surface area (Å²) in [4.78, 5) is 0. The fourth-order valence-corrected chi connectivity index (χ4v) is 2.94. The Kier molecular flexibility index (Phi) is 5.30. The standard InChI is InChI=1S/C15H28O2/c1-3-5-6-12(4-2)10-16-11-13-7-8-14-15(9-13)17-14/h12-15H,3-11H2,1-2H3. The van der Waals surface area contributed by atoms with E-state index in [1.54, 1.807) is 0 Å². The predicted octanol–water partition coefficient (Wildman–Crippen LogP) is 3.79. The lowest BCUT2D eigenvalue weighted by Crippen LogP contribution is -2.20. The van der Waals surface area contributed by atoms with Gasteiger partial charge in [0, 0.05) is 13.2 Å². The van der Waals surface area contributed by atoms with Gasteiger partial charge in [-0.15, -0.1) is 0 Å². The molecule has 0 spiro atoms. The Morgan fingerprint density at radius 2 is 2.12 bits per heavy atom. The zero-order valence-electron chi connectivity index (χ0n) is 11.5. The highest BCUT2D eigenvalue weighted by molar-refractivity contribution is 4.91. The second kappa shape index (κ2) is 6.75. The Morgan fingerprint density at radius 1 is 1.24 bits per heavy atom. The first-order valence-electron chi connectivity index (χ1n) is 7.56. The van der Waals surface area contributed by atoms with Gasteiger partial charge in [0.25, 0.3) is 0 Å². The van der Waals surface area contributed by atoms with Crippen molar-refractivity contribution in [3.63, 3.8) is 0 Å². The lowest BCUT2D eigenvalue weighted by atomic mass is 9.90. The molecule has 2 rings (SSSR count). The summed E-state index contributed by atoms with van der Waals surface area (Å²) in [6, 6.07) is 0. The van der Waals surface area contributed by atoms with Crippen LogP contribution in [0.4, 0.5) is 0 Å². The molecule has 1 aliphatic heterocycles. The average molecular weight is 240 g/mol. The zero-order chi connectivity index (χ0) is 12.1. The van der Waals surface area contributed by atoms with E-state index in [9.17, 15) is 0 Å². The molecule has 17 heavy (non-hydrogen) atoms. The van der Waals surface area contributed by atoms with Crippen LogP contribution in [-0.2, 0) is 9.47 Å². The third-order valence-electron chi connectivity index (χ3n) is 4.36. The first kappa shape index (κ1) is 13.4. The van der Waals surface area contributed by atoms with E-state index in [4.69, 9.17) is 9.47 Å². The molecule has 0 amide bonds. The van der Waals surface area contributed by atoms with Crippen LogP contribution in [0.25, 0.3) is 0 Å². The van der Waals surface area contributed by atoms with Crippen LogP contribution in [0, 0.1) is 11.8 Å². The molecule has 0 aromatic carbocycles. The van der Waals surface area contributed by atoms with Crippen molar-refractivity contribution in [1.29, 1.82) is 0 Å². The molecular weight excluding hydrogens is 212 g/mol. The maximum Gasteiger partial charge on any atom is 0.0845 e. The van der Waals surface area contributed by atoms with Crippen LogP contribution in [0.5, 0.6) is 0 Å². The average Bonchev–Trinajstić information content (AvgIpc) is 3.11. The molecule has 0 aromatic heterocycles. The summed E-state index contributed by atoms with van der Waals surface area (Å²) in [5.74, 6) is 1.55. The minimum Gasteiger partial charge on any atom is -0.381 e. The smallest absolute Gasteiger partial charge is 0.0845 e. The summed E-state index contributed by atoms with van der Waals surface area (Å²) in [6.07, 6.45) is 10.3. The van der Waals surface area contributed by atoms with Crippen molar-refractivity contribution in [2.75, 3.05) is 13.2 Å². The van der Waals surface area contributed by atoms with E-state index in [0.717, 1.165) is 25.0 Å². The highest BCUT2D eigenvalue weighted by atomic mass is 16.6. The molecule has 2 nitrogen and oxygen atoms in total. The van der Waals surface area contributed by atoms with Gasteiger partial charge in [0.05, 0.1) is 12.2 Å². The van der Waals surface area contributed by atoms with Gasteiger partial charge >= 0.3 is 0 Å². The maximum atomic E-state index is 5.93. The summed E-state index contributed by atoms with van der Waals surface area (Å²) in [6.45, 7) is 6.49. The van der Waals surface area contributed by atoms with E-state index in [1.165, 1.54) is 44.9 Å². The van der Waals surface area contributed by atoms with Crippen molar-refractivity contribution in [1.82, 2.24) is 0 Å². The van der Waals surface area contributed by atoms with Gasteiger partial charge in [0.15, 0.2) is 0 Å². The molecule has 100 valence electrons. The first-order chi connectivity index (χ1) is 8.33. The van der Waals surface area contributed by atoms with Crippen molar-refractivity contribution < 1.29 is 9.47 Å². The van der Waals surface area contributed by atoms with Gasteiger partial charge in [0.1, 0.15) is 0 Å². The lowest BCUT2D eigenvalue weighted by molar-refractivity contribution is 0.0587. The molecule has 0 radical (unpaired) electrons. The third-order valence-corrected chi connectivity index (χ3v) is 4.36. The Hall–Kier alpha value is -0.0800. The largest absolute Gasteiger partial charge is 0.381 e. The van der Waals surface area contributed by atoms with Gasteiger partial charge in [-0.1, -0.05) is 33.1 Å². The van der Waals surface area contributed by atoms with Gasteiger partial charge in [-0.3, -0.25) is 0 Å². The fourth-order valence-electron chi connectivity index (χ4n) is 2.94. The quantitative estimate of drug-likeness (QED) is 0.602. The summed E-state index contributed by atoms with van der Waals surface area (Å²) >= 11 is 0. The molecule has 1 aliphatic carbocycles. The highest BCUT2D eigenvalue weighted by Gasteiger charge is 2.43. The Morgan fingerprint density at radius 3 is 2.82 bits per heavy atom. The molecule has 1 saturated heterocycles. The topological polar surface area (TPSA) is 21.8 Å². The summed E-state index contributed by atoms with van der Waals surface area (Å²) in [5.41, 5.74) is 0. The Labute approximate surface area is 106 Å². The summed E-state index contributed by atoms with van der Waals surface area (Å²) < 4.78 is 11.5. The van der Waals surface area contributed by atoms with Crippen LogP contribution in [0.2, 0.25) is 0 Å². The number of hydrogen-bond acceptors (Lipinski definition) is 2. The predicted molar refractivity (Wildman–Crippen MR) is 70.1 cm³/mol. The Bertz CT molecular complexity index is 217. The van der Waals surface area contributed by atoms with Crippen molar-refractivity contribution >= 4 is 0 Å². The van der Waals surface area contributed by atoms with Crippen molar-refractivity contribution in [3.8, 4) is 0 Å². The van der Waals surface area contributed by atoms with Crippen molar-refractivity contribution in [2.45, 2.75) is 71.0 Å². The van der Waals surface area contributed by atoms with Crippen LogP contribution >= 0.6 is 0 Å². The minimum atomic E-state index is 0.597. The molecule has 4 unspecified atom stereocenters. The normalized spacial score (nSPS) is 33.2. The maximum absolute atomic E-state index is 5.93. The van der Waals surface area contributed by atoms with E-state index in [0.29, 0.717) is 12.2 Å². The highest BCUT2D eigenvalue weighted by Crippen LogP contribution is 2.39. The van der Waals surface area contributed by atoms with Gasteiger partial charge in [-0.2, -0.15) is 0 Å². The molecule has 1 saturated carbocycles. The molecule has 2 aliphatic rings. The number of unbranched alkanes of at least 4 members (excludes halogenated alkanes) is 1. The van der Waals surface area contributed by atoms with Crippen molar-refractivity contribution in [3.05, 3.63) is 0 Å². The van der Waals surface area contributed by atoms with Gasteiger partial charge in [-0.25, -0.2) is 0 Å². The zero-order valence-corrected chi connectivity index (χ0v) is 11.5. The number of ether oxygens (including phenoxy) is 2. The molecule has 0 bridgehead atoms. The number of hydrogen-bond donors (Lipinski definition) is 0. The SMILES string of the molecule is CCCCC(CC)COCC1CCC2OC2C1. The first-order valence-corrected chi connectivity index (χ1v) is 7.56. The minimum absolute atomic E-state index is 0.597. The number of epoxide rings is 1. The molecule has 2 fully saturated rings. The van der Waals surface area contributed by atoms with Gasteiger partial charge < -0.3 is 9.47 Å².